The van der Waals surface area contributed by atoms with Crippen molar-refractivity contribution in [3.63, 3.8) is 0 Å². The van der Waals surface area contributed by atoms with Gasteiger partial charge in [-0.25, -0.2) is 4.39 Å². The van der Waals surface area contributed by atoms with Crippen LogP contribution in [-0.2, 0) is 9.59 Å². The van der Waals surface area contributed by atoms with Gasteiger partial charge < -0.3 is 10.1 Å². The van der Waals surface area contributed by atoms with Gasteiger partial charge in [0.2, 0.25) is 11.0 Å². The molecule has 3 aromatic rings. The number of ether oxygens (including phenoxy) is 1. The minimum Gasteiger partial charge on any atom is -0.484 e. The van der Waals surface area contributed by atoms with Gasteiger partial charge in [-0.2, -0.15) is 0 Å². The minimum absolute atomic E-state index is 0.0357. The molecule has 0 unspecified atom stereocenters. The summed E-state index contributed by atoms with van der Waals surface area (Å²) in [7, 11) is 0. The molecular weight excluding hydrogens is 403 g/mol. The number of benzene rings is 2. The molecule has 0 aliphatic rings. The average molecular weight is 418 g/mol. The van der Waals surface area contributed by atoms with Gasteiger partial charge >= 0.3 is 0 Å². The Kier molecular flexibility index (Phi) is 6.93. The zero-order chi connectivity index (χ0) is 19.8. The van der Waals surface area contributed by atoms with Gasteiger partial charge in [0, 0.05) is 0 Å². The van der Waals surface area contributed by atoms with E-state index < -0.39 is 5.82 Å². The van der Waals surface area contributed by atoms with Crippen LogP contribution < -0.4 is 15.4 Å². The maximum absolute atomic E-state index is 13.5. The van der Waals surface area contributed by atoms with Gasteiger partial charge in [-0.3, -0.25) is 14.9 Å². The number of halogens is 1. The van der Waals surface area contributed by atoms with E-state index in [4.69, 9.17) is 4.74 Å². The van der Waals surface area contributed by atoms with Gasteiger partial charge in [0.25, 0.3) is 5.91 Å². The molecule has 0 aliphatic heterocycles. The Morgan fingerprint density at radius 3 is 2.54 bits per heavy atom. The van der Waals surface area contributed by atoms with Crippen molar-refractivity contribution >= 4 is 45.7 Å². The van der Waals surface area contributed by atoms with Gasteiger partial charge in [0.1, 0.15) is 11.6 Å². The first kappa shape index (κ1) is 19.8. The van der Waals surface area contributed by atoms with Crippen LogP contribution in [0.5, 0.6) is 5.75 Å². The second kappa shape index (κ2) is 9.81. The Bertz CT molecular complexity index is 953. The fraction of sp³-hybridized carbons (Fsp3) is 0.111. The summed E-state index contributed by atoms with van der Waals surface area (Å²) in [5, 5.41) is 13.1. The highest BCUT2D eigenvalue weighted by atomic mass is 32.2. The molecule has 0 saturated carbocycles. The molecule has 1 heterocycles. The molecule has 10 heteroatoms. The van der Waals surface area contributed by atoms with Gasteiger partial charge in [-0.05, 0) is 24.3 Å². The highest BCUT2D eigenvalue weighted by Gasteiger charge is 2.12. The maximum Gasteiger partial charge on any atom is 0.264 e. The van der Waals surface area contributed by atoms with Crippen LogP contribution in [0.15, 0.2) is 58.9 Å². The third kappa shape index (κ3) is 6.03. The van der Waals surface area contributed by atoms with Crippen LogP contribution in [0.2, 0.25) is 0 Å². The Balaban J connectivity index is 1.43. The number of amides is 2. The van der Waals surface area contributed by atoms with Gasteiger partial charge in [0.05, 0.1) is 11.4 Å². The van der Waals surface area contributed by atoms with Crippen LogP contribution >= 0.6 is 23.1 Å². The molecule has 0 atom stereocenters. The highest BCUT2D eigenvalue weighted by Crippen LogP contribution is 2.25. The molecule has 144 valence electrons. The largest absolute Gasteiger partial charge is 0.484 e. The molecule has 2 aromatic carbocycles. The lowest BCUT2D eigenvalue weighted by atomic mass is 10.3. The SMILES string of the molecule is O=C(COc1ccccc1)Nc1nnc(SCC(=O)Nc2ccccc2F)s1. The molecule has 2 N–H and O–H groups in total. The number of para-hydroxylation sites is 2. The van der Waals surface area contributed by atoms with Crippen molar-refractivity contribution in [1.29, 1.82) is 0 Å². The topological polar surface area (TPSA) is 93.2 Å². The average Bonchev–Trinajstić information content (AvgIpc) is 3.15. The number of anilines is 2. The Hall–Kier alpha value is -2.98. The van der Waals surface area contributed by atoms with Crippen molar-refractivity contribution in [2.75, 3.05) is 23.0 Å². The molecule has 0 bridgehead atoms. The molecule has 7 nitrogen and oxygen atoms in total. The Labute approximate surface area is 168 Å². The number of thioether (sulfide) groups is 1. The van der Waals surface area contributed by atoms with E-state index >= 15 is 0 Å². The molecule has 0 aliphatic carbocycles. The molecule has 0 radical (unpaired) electrons. The lowest BCUT2D eigenvalue weighted by Crippen LogP contribution is -2.20. The molecule has 0 saturated heterocycles. The fourth-order valence-corrected chi connectivity index (χ4v) is 3.58. The van der Waals surface area contributed by atoms with E-state index in [-0.39, 0.29) is 29.9 Å². The number of nitrogens with one attached hydrogen (secondary N) is 2. The number of hydrogen-bond acceptors (Lipinski definition) is 7. The Morgan fingerprint density at radius 1 is 1.00 bits per heavy atom. The summed E-state index contributed by atoms with van der Waals surface area (Å²) in [4.78, 5) is 23.8. The van der Waals surface area contributed by atoms with Crippen molar-refractivity contribution in [3.8, 4) is 5.75 Å². The number of rotatable bonds is 8. The van der Waals surface area contributed by atoms with Crippen molar-refractivity contribution in [2.24, 2.45) is 0 Å². The zero-order valence-corrected chi connectivity index (χ0v) is 16.1. The summed E-state index contributed by atoms with van der Waals surface area (Å²) >= 11 is 2.27. The first-order valence-electron chi connectivity index (χ1n) is 8.08. The van der Waals surface area contributed by atoms with Crippen LogP contribution in [0, 0.1) is 5.82 Å². The number of nitrogens with zero attached hydrogens (tertiary/aromatic N) is 2. The van der Waals surface area contributed by atoms with E-state index in [1.165, 1.54) is 12.1 Å². The number of aromatic nitrogens is 2. The van der Waals surface area contributed by atoms with Crippen LogP contribution in [0.1, 0.15) is 0 Å². The standard InChI is InChI=1S/C18H15FN4O3S2/c19-13-8-4-5-9-14(13)20-16(25)11-27-18-23-22-17(28-18)21-15(24)10-26-12-6-2-1-3-7-12/h1-9H,10-11H2,(H,20,25)(H,21,22,24). The van der Waals surface area contributed by atoms with Gasteiger partial charge in [-0.1, -0.05) is 53.4 Å². The number of carbonyl (C=O) groups excluding carboxylic acids is 2. The second-order valence-electron chi connectivity index (χ2n) is 5.34. The molecule has 0 spiro atoms. The van der Waals surface area contributed by atoms with E-state index in [2.05, 4.69) is 20.8 Å². The number of carbonyl (C=O) groups is 2. The molecule has 2 amide bonds. The summed E-state index contributed by atoms with van der Waals surface area (Å²) in [6, 6.07) is 14.9. The first-order chi connectivity index (χ1) is 13.6. The van der Waals surface area contributed by atoms with Crippen LogP contribution in [0.25, 0.3) is 0 Å². The first-order valence-corrected chi connectivity index (χ1v) is 9.89. The van der Waals surface area contributed by atoms with E-state index in [1.54, 1.807) is 24.3 Å². The molecule has 0 fully saturated rings. The van der Waals surface area contributed by atoms with E-state index in [0.717, 1.165) is 23.1 Å². The monoisotopic (exact) mass is 418 g/mol. The highest BCUT2D eigenvalue weighted by molar-refractivity contribution is 8.01. The lowest BCUT2D eigenvalue weighted by Gasteiger charge is -2.05. The lowest BCUT2D eigenvalue weighted by molar-refractivity contribution is -0.118. The Morgan fingerprint density at radius 2 is 1.75 bits per heavy atom. The van der Waals surface area contributed by atoms with Crippen molar-refractivity contribution in [1.82, 2.24) is 10.2 Å². The van der Waals surface area contributed by atoms with Crippen molar-refractivity contribution in [2.45, 2.75) is 4.34 Å². The van der Waals surface area contributed by atoms with E-state index in [1.807, 2.05) is 18.2 Å². The molecule has 28 heavy (non-hydrogen) atoms. The molecule has 3 rings (SSSR count). The van der Waals surface area contributed by atoms with Gasteiger partial charge in [-0.15, -0.1) is 10.2 Å². The minimum atomic E-state index is -0.500. The zero-order valence-electron chi connectivity index (χ0n) is 14.4. The van der Waals surface area contributed by atoms with Gasteiger partial charge in [0.15, 0.2) is 10.9 Å². The summed E-state index contributed by atoms with van der Waals surface area (Å²) < 4.78 is 19.4. The molecular formula is C18H15FN4O3S2. The second-order valence-corrected chi connectivity index (χ2v) is 7.54. The predicted octanol–water partition coefficient (Wildman–Crippen LogP) is 3.43. The molecule has 1 aromatic heterocycles. The maximum atomic E-state index is 13.5. The van der Waals surface area contributed by atoms with Crippen LogP contribution in [0.3, 0.4) is 0 Å². The van der Waals surface area contributed by atoms with Crippen molar-refractivity contribution < 1.29 is 18.7 Å². The third-order valence-corrected chi connectivity index (χ3v) is 5.21. The predicted molar refractivity (Wildman–Crippen MR) is 106 cm³/mol. The summed E-state index contributed by atoms with van der Waals surface area (Å²) in [5.41, 5.74) is 0.122. The number of hydrogen-bond donors (Lipinski definition) is 2. The van der Waals surface area contributed by atoms with E-state index in [9.17, 15) is 14.0 Å². The summed E-state index contributed by atoms with van der Waals surface area (Å²) in [6.07, 6.45) is 0. The summed E-state index contributed by atoms with van der Waals surface area (Å²) in [5.74, 6) is -0.610. The van der Waals surface area contributed by atoms with Crippen molar-refractivity contribution in [3.05, 3.63) is 60.4 Å². The van der Waals surface area contributed by atoms with Crippen LogP contribution in [-0.4, -0.2) is 34.4 Å². The van der Waals surface area contributed by atoms with Crippen LogP contribution in [0.4, 0.5) is 15.2 Å². The smallest absolute Gasteiger partial charge is 0.264 e. The normalized spacial score (nSPS) is 10.3. The summed E-state index contributed by atoms with van der Waals surface area (Å²) in [6.45, 7) is -0.156. The third-order valence-electron chi connectivity index (χ3n) is 3.24. The quantitative estimate of drug-likeness (QED) is 0.430. The fourth-order valence-electron chi connectivity index (χ4n) is 2.02. The van der Waals surface area contributed by atoms with E-state index in [0.29, 0.717) is 15.2 Å².